The van der Waals surface area contributed by atoms with Crippen LogP contribution in [0.2, 0.25) is 0 Å². The molecule has 2 atom stereocenters. The van der Waals surface area contributed by atoms with Gasteiger partial charge in [0.1, 0.15) is 0 Å². The number of hydrogen-bond acceptors (Lipinski definition) is 3. The zero-order valence-electron chi connectivity index (χ0n) is 11.0. The highest BCUT2D eigenvalue weighted by Gasteiger charge is 2.45. The second-order valence-corrected chi connectivity index (χ2v) is 8.52. The fourth-order valence-electron chi connectivity index (χ4n) is 3.68. The molecular formula is C13H25NO2S. The van der Waals surface area contributed by atoms with Gasteiger partial charge in [0.15, 0.2) is 9.84 Å². The molecule has 0 aromatic carbocycles. The summed E-state index contributed by atoms with van der Waals surface area (Å²) in [6.07, 6.45) is 4.19. The number of piperidine rings is 1. The van der Waals surface area contributed by atoms with E-state index < -0.39 is 9.84 Å². The topological polar surface area (TPSA) is 46.2 Å². The smallest absolute Gasteiger partial charge is 0.150 e. The average molecular weight is 259 g/mol. The van der Waals surface area contributed by atoms with Crippen LogP contribution in [0.25, 0.3) is 0 Å². The summed E-state index contributed by atoms with van der Waals surface area (Å²) >= 11 is 0. The van der Waals surface area contributed by atoms with Crippen LogP contribution >= 0.6 is 0 Å². The predicted molar refractivity (Wildman–Crippen MR) is 70.8 cm³/mol. The molecule has 0 aromatic heterocycles. The lowest BCUT2D eigenvalue weighted by atomic mass is 9.66. The number of sulfone groups is 1. The molecular weight excluding hydrogens is 234 g/mol. The van der Waals surface area contributed by atoms with E-state index in [4.69, 9.17) is 0 Å². The van der Waals surface area contributed by atoms with Crippen molar-refractivity contribution in [1.29, 1.82) is 0 Å². The standard InChI is InChI=1S/C13H25NO2S/c1-11(2)8-12-9-14-6-5-13(12)4-3-7-17(15,16)10-13/h11-12,14H,3-10H2,1-2H3. The average Bonchev–Trinajstić information content (AvgIpc) is 2.19. The lowest BCUT2D eigenvalue weighted by molar-refractivity contribution is 0.0971. The van der Waals surface area contributed by atoms with Crippen molar-refractivity contribution in [2.24, 2.45) is 17.3 Å². The molecule has 1 spiro atoms. The fourth-order valence-corrected chi connectivity index (χ4v) is 5.81. The molecule has 0 amide bonds. The van der Waals surface area contributed by atoms with Gasteiger partial charge in [-0.2, -0.15) is 0 Å². The lowest BCUT2D eigenvalue weighted by Crippen LogP contribution is -2.51. The Bertz CT molecular complexity index is 360. The lowest BCUT2D eigenvalue weighted by Gasteiger charge is -2.47. The van der Waals surface area contributed by atoms with Gasteiger partial charge in [0, 0.05) is 0 Å². The molecule has 100 valence electrons. The SMILES string of the molecule is CC(C)CC1CNCCC12CCCS(=O)(=O)C2. The van der Waals surface area contributed by atoms with E-state index in [0.717, 1.165) is 38.8 Å². The van der Waals surface area contributed by atoms with E-state index in [2.05, 4.69) is 19.2 Å². The zero-order chi connectivity index (χ0) is 12.5. The van der Waals surface area contributed by atoms with Crippen LogP contribution in [0.5, 0.6) is 0 Å². The third kappa shape index (κ3) is 3.02. The molecule has 2 rings (SSSR count). The van der Waals surface area contributed by atoms with Crippen LogP contribution in [0, 0.1) is 17.3 Å². The monoisotopic (exact) mass is 259 g/mol. The van der Waals surface area contributed by atoms with Crippen LogP contribution in [0.4, 0.5) is 0 Å². The van der Waals surface area contributed by atoms with E-state index in [1.54, 1.807) is 0 Å². The maximum absolute atomic E-state index is 11.9. The Hall–Kier alpha value is -0.0900. The summed E-state index contributed by atoms with van der Waals surface area (Å²) in [5, 5.41) is 3.44. The molecule has 0 aromatic rings. The van der Waals surface area contributed by atoms with Gasteiger partial charge < -0.3 is 5.32 Å². The van der Waals surface area contributed by atoms with Crippen LogP contribution in [0.15, 0.2) is 0 Å². The molecule has 0 radical (unpaired) electrons. The molecule has 2 unspecified atom stereocenters. The zero-order valence-corrected chi connectivity index (χ0v) is 11.9. The summed E-state index contributed by atoms with van der Waals surface area (Å²) in [6.45, 7) is 6.47. The Labute approximate surface area is 105 Å². The highest BCUT2D eigenvalue weighted by Crippen LogP contribution is 2.45. The first-order valence-corrected chi connectivity index (χ1v) is 8.67. The Kier molecular flexibility index (Phi) is 3.83. The first kappa shape index (κ1) is 13.3. The van der Waals surface area contributed by atoms with Crippen LogP contribution in [0.1, 0.15) is 39.5 Å². The van der Waals surface area contributed by atoms with E-state index in [0.29, 0.717) is 23.3 Å². The van der Waals surface area contributed by atoms with Gasteiger partial charge in [0.2, 0.25) is 0 Å². The fraction of sp³-hybridized carbons (Fsp3) is 1.00. The molecule has 0 bridgehead atoms. The van der Waals surface area contributed by atoms with Gasteiger partial charge in [-0.15, -0.1) is 0 Å². The minimum atomic E-state index is -2.79. The summed E-state index contributed by atoms with van der Waals surface area (Å²) in [6, 6.07) is 0. The normalized spacial score (nSPS) is 37.5. The van der Waals surface area contributed by atoms with Crippen molar-refractivity contribution in [3.63, 3.8) is 0 Å². The molecule has 2 heterocycles. The predicted octanol–water partition coefficient (Wildman–Crippen LogP) is 1.84. The highest BCUT2D eigenvalue weighted by molar-refractivity contribution is 7.91. The van der Waals surface area contributed by atoms with Gasteiger partial charge in [-0.25, -0.2) is 8.42 Å². The van der Waals surface area contributed by atoms with Crippen molar-refractivity contribution in [3.8, 4) is 0 Å². The van der Waals surface area contributed by atoms with Crippen molar-refractivity contribution in [2.45, 2.75) is 39.5 Å². The van der Waals surface area contributed by atoms with Gasteiger partial charge >= 0.3 is 0 Å². The summed E-state index contributed by atoms with van der Waals surface area (Å²) < 4.78 is 23.9. The maximum atomic E-state index is 11.9. The van der Waals surface area contributed by atoms with Gasteiger partial charge in [-0.05, 0) is 56.0 Å². The molecule has 0 saturated carbocycles. The van der Waals surface area contributed by atoms with E-state index in [9.17, 15) is 8.42 Å². The maximum Gasteiger partial charge on any atom is 0.150 e. The third-order valence-corrected chi connectivity index (χ3v) is 6.38. The van der Waals surface area contributed by atoms with Crippen molar-refractivity contribution in [1.82, 2.24) is 5.32 Å². The number of nitrogens with one attached hydrogen (secondary N) is 1. The van der Waals surface area contributed by atoms with Gasteiger partial charge in [0.25, 0.3) is 0 Å². The highest BCUT2D eigenvalue weighted by atomic mass is 32.2. The van der Waals surface area contributed by atoms with Crippen molar-refractivity contribution in [3.05, 3.63) is 0 Å². The molecule has 4 heteroatoms. The molecule has 1 N–H and O–H groups in total. The summed E-state index contributed by atoms with van der Waals surface area (Å²) in [5.74, 6) is 2.06. The quantitative estimate of drug-likeness (QED) is 0.823. The number of hydrogen-bond donors (Lipinski definition) is 1. The Morgan fingerprint density at radius 3 is 2.76 bits per heavy atom. The van der Waals surface area contributed by atoms with Gasteiger partial charge in [-0.1, -0.05) is 13.8 Å². The largest absolute Gasteiger partial charge is 0.316 e. The molecule has 0 aliphatic carbocycles. The van der Waals surface area contributed by atoms with Crippen LogP contribution in [0.3, 0.4) is 0 Å². The van der Waals surface area contributed by atoms with Crippen LogP contribution < -0.4 is 5.32 Å². The van der Waals surface area contributed by atoms with E-state index in [1.165, 1.54) is 0 Å². The molecule has 2 aliphatic rings. The summed E-state index contributed by atoms with van der Waals surface area (Å²) in [5.41, 5.74) is 0.0899. The minimum Gasteiger partial charge on any atom is -0.316 e. The molecule has 3 nitrogen and oxygen atoms in total. The first-order valence-electron chi connectivity index (χ1n) is 6.85. The molecule has 2 aliphatic heterocycles. The molecule has 17 heavy (non-hydrogen) atoms. The van der Waals surface area contributed by atoms with Crippen molar-refractivity contribution in [2.75, 3.05) is 24.6 Å². The van der Waals surface area contributed by atoms with Crippen LogP contribution in [-0.2, 0) is 9.84 Å². The first-order chi connectivity index (χ1) is 7.94. The second-order valence-electron chi connectivity index (χ2n) is 6.34. The van der Waals surface area contributed by atoms with Gasteiger partial charge in [0.05, 0.1) is 11.5 Å². The molecule has 2 saturated heterocycles. The van der Waals surface area contributed by atoms with E-state index in [1.807, 2.05) is 0 Å². The van der Waals surface area contributed by atoms with Gasteiger partial charge in [-0.3, -0.25) is 0 Å². The Morgan fingerprint density at radius 1 is 1.35 bits per heavy atom. The van der Waals surface area contributed by atoms with E-state index in [-0.39, 0.29) is 5.41 Å². The Balaban J connectivity index is 2.18. The van der Waals surface area contributed by atoms with Crippen molar-refractivity contribution < 1.29 is 8.42 Å². The third-order valence-electron chi connectivity index (χ3n) is 4.45. The summed E-state index contributed by atoms with van der Waals surface area (Å²) in [4.78, 5) is 0. The minimum absolute atomic E-state index is 0.0899. The van der Waals surface area contributed by atoms with E-state index >= 15 is 0 Å². The second kappa shape index (κ2) is 4.88. The van der Waals surface area contributed by atoms with Crippen molar-refractivity contribution >= 4 is 9.84 Å². The Morgan fingerprint density at radius 2 is 2.12 bits per heavy atom. The van der Waals surface area contributed by atoms with Crippen LogP contribution in [-0.4, -0.2) is 33.0 Å². The summed E-state index contributed by atoms with van der Waals surface area (Å²) in [7, 11) is -2.79. The number of rotatable bonds is 2. The molecule has 2 fully saturated rings.